The molecule has 3 atom stereocenters. The Kier molecular flexibility index (Phi) is 12.1. The summed E-state index contributed by atoms with van der Waals surface area (Å²) in [4.78, 5) is 5.28. The zero-order chi connectivity index (χ0) is 28.4. The zero-order valence-electron chi connectivity index (χ0n) is 23.5. The van der Waals surface area contributed by atoms with Crippen LogP contribution in [0.3, 0.4) is 0 Å². The van der Waals surface area contributed by atoms with Crippen LogP contribution in [0.4, 0.5) is 22.0 Å². The second-order valence-corrected chi connectivity index (χ2v) is 10.7. The molecule has 1 aliphatic heterocycles. The van der Waals surface area contributed by atoms with Crippen molar-refractivity contribution in [2.45, 2.75) is 97.3 Å². The summed E-state index contributed by atoms with van der Waals surface area (Å²) in [6, 6.07) is 1.17. The number of halogens is 5. The van der Waals surface area contributed by atoms with Gasteiger partial charge in [-0.3, -0.25) is 0 Å². The van der Waals surface area contributed by atoms with E-state index in [1.165, 1.54) is 23.2 Å². The van der Waals surface area contributed by atoms with Gasteiger partial charge >= 0.3 is 0 Å². The van der Waals surface area contributed by atoms with Crippen molar-refractivity contribution < 1.29 is 31.4 Å². The van der Waals surface area contributed by atoms with Crippen molar-refractivity contribution in [3.05, 3.63) is 41.1 Å². The average Bonchev–Trinajstić information content (AvgIpc) is 2.90. The molecule has 0 amide bonds. The Morgan fingerprint density at radius 2 is 1.79 bits per heavy atom. The van der Waals surface area contributed by atoms with Crippen LogP contribution in [-0.2, 0) is 17.1 Å². The molecule has 3 unspecified atom stereocenters. The normalized spacial score (nSPS) is 21.0. The number of fused-ring (bicyclic) bond motifs is 1. The minimum absolute atomic E-state index is 0.00757. The lowest BCUT2D eigenvalue weighted by Crippen LogP contribution is -2.40. The Morgan fingerprint density at radius 3 is 2.51 bits per heavy atom. The molecule has 0 saturated heterocycles. The van der Waals surface area contributed by atoms with Gasteiger partial charge in [-0.15, -0.1) is 0 Å². The van der Waals surface area contributed by atoms with Gasteiger partial charge in [0, 0.05) is 26.0 Å². The highest BCUT2D eigenvalue weighted by molar-refractivity contribution is 5.98. The SMILES string of the molecule is CCCCOCCCCOc1cc2c(c(F)c1F)C(F)(F)C(C1=NC(F)N(CCCCC(C)CC)C=C1)CC2. The largest absolute Gasteiger partial charge is 0.490 e. The van der Waals surface area contributed by atoms with E-state index in [9.17, 15) is 8.78 Å². The third-order valence-corrected chi connectivity index (χ3v) is 7.69. The van der Waals surface area contributed by atoms with E-state index in [0.717, 1.165) is 38.5 Å². The lowest BCUT2D eigenvalue weighted by atomic mass is 9.77. The summed E-state index contributed by atoms with van der Waals surface area (Å²) in [5.74, 6) is -8.08. The first kappa shape index (κ1) is 31.4. The fourth-order valence-corrected chi connectivity index (χ4v) is 5.00. The number of allylic oxidation sites excluding steroid dienone is 1. The maximum Gasteiger partial charge on any atom is 0.284 e. The summed E-state index contributed by atoms with van der Waals surface area (Å²) in [6.45, 7) is 8.17. The fraction of sp³-hybridized carbons (Fsp3) is 0.700. The lowest BCUT2D eigenvalue weighted by Gasteiger charge is -2.36. The van der Waals surface area contributed by atoms with Crippen molar-refractivity contribution in [1.29, 1.82) is 0 Å². The smallest absolute Gasteiger partial charge is 0.284 e. The van der Waals surface area contributed by atoms with Gasteiger partial charge in [-0.1, -0.05) is 46.5 Å². The molecule has 9 heteroatoms. The lowest BCUT2D eigenvalue weighted by molar-refractivity contribution is -0.0532. The number of ether oxygens (including phenoxy) is 2. The quantitative estimate of drug-likeness (QED) is 0.116. The van der Waals surface area contributed by atoms with Crippen LogP contribution in [0.1, 0.15) is 89.7 Å². The molecule has 0 aromatic heterocycles. The minimum atomic E-state index is -3.74. The summed E-state index contributed by atoms with van der Waals surface area (Å²) >= 11 is 0. The topological polar surface area (TPSA) is 34.1 Å². The number of hydrogen-bond acceptors (Lipinski definition) is 4. The Morgan fingerprint density at radius 1 is 1.05 bits per heavy atom. The van der Waals surface area contributed by atoms with Gasteiger partial charge in [0.1, 0.15) is 0 Å². The number of rotatable bonds is 16. The molecule has 2 aliphatic rings. The predicted octanol–water partition coefficient (Wildman–Crippen LogP) is 8.33. The van der Waals surface area contributed by atoms with Gasteiger partial charge in [-0.2, -0.15) is 8.78 Å². The molecule has 220 valence electrons. The highest BCUT2D eigenvalue weighted by atomic mass is 19.3. The number of hydrogen-bond donors (Lipinski definition) is 0. The molecular formula is C30H43F5N2O2. The van der Waals surface area contributed by atoms with Crippen molar-refractivity contribution in [2.24, 2.45) is 16.8 Å². The van der Waals surface area contributed by atoms with E-state index in [4.69, 9.17) is 9.47 Å². The standard InChI is InChI=1S/C30H43F5N2O2/c1-4-6-17-38-18-9-10-19-39-25-20-22-12-13-23(30(34,35)26(22)28(32)27(25)31)24-14-16-37(29(33)36-24)15-8-7-11-21(3)5-2/h14,16,20-21,23,29H,4-13,15,17-19H2,1-3H3. The van der Waals surface area contributed by atoms with E-state index in [2.05, 4.69) is 25.8 Å². The van der Waals surface area contributed by atoms with Gasteiger partial charge < -0.3 is 14.4 Å². The van der Waals surface area contributed by atoms with Crippen LogP contribution in [0, 0.1) is 23.5 Å². The summed E-state index contributed by atoms with van der Waals surface area (Å²) in [6.07, 6.45) is 8.22. The first-order chi connectivity index (χ1) is 18.7. The molecule has 1 aromatic carbocycles. The molecule has 1 aromatic rings. The second kappa shape index (κ2) is 15.0. The van der Waals surface area contributed by atoms with Gasteiger partial charge in [0.2, 0.25) is 5.82 Å². The maximum absolute atomic E-state index is 15.6. The molecule has 1 heterocycles. The Labute approximate surface area is 229 Å². The molecule has 0 bridgehead atoms. The summed E-state index contributed by atoms with van der Waals surface area (Å²) < 4.78 is 86.6. The third kappa shape index (κ3) is 8.18. The van der Waals surface area contributed by atoms with Gasteiger partial charge in [-0.05, 0) is 62.1 Å². The molecular weight excluding hydrogens is 515 g/mol. The summed E-state index contributed by atoms with van der Waals surface area (Å²) in [7, 11) is 0. The van der Waals surface area contributed by atoms with E-state index in [1.54, 1.807) is 0 Å². The number of unbranched alkanes of at least 4 members (excludes halogenated alkanes) is 3. The maximum atomic E-state index is 15.6. The van der Waals surface area contributed by atoms with Crippen LogP contribution in [0.5, 0.6) is 5.75 Å². The Bertz CT molecular complexity index is 985. The molecule has 0 N–H and O–H groups in total. The Hall–Kier alpha value is -2.16. The first-order valence-electron chi connectivity index (χ1n) is 14.5. The number of alkyl halides is 3. The number of aryl methyl sites for hydroxylation is 1. The molecule has 0 spiro atoms. The van der Waals surface area contributed by atoms with Gasteiger partial charge in [-0.25, -0.2) is 18.2 Å². The van der Waals surface area contributed by atoms with Gasteiger partial charge in [0.15, 0.2) is 11.6 Å². The van der Waals surface area contributed by atoms with Crippen LogP contribution in [0.15, 0.2) is 23.3 Å². The van der Waals surface area contributed by atoms with Crippen molar-refractivity contribution in [1.82, 2.24) is 4.90 Å². The summed E-state index contributed by atoms with van der Waals surface area (Å²) in [5.41, 5.74) is -1.10. The van der Waals surface area contributed by atoms with Crippen LogP contribution in [0.2, 0.25) is 0 Å². The van der Waals surface area contributed by atoms with E-state index in [1.807, 2.05) is 0 Å². The molecule has 0 fully saturated rings. The summed E-state index contributed by atoms with van der Waals surface area (Å²) in [5, 5.41) is 0. The average molecular weight is 559 g/mol. The van der Waals surface area contributed by atoms with Gasteiger partial charge in [0.25, 0.3) is 12.3 Å². The highest BCUT2D eigenvalue weighted by Crippen LogP contribution is 2.48. The van der Waals surface area contributed by atoms with Crippen LogP contribution < -0.4 is 4.74 Å². The molecule has 3 rings (SSSR count). The van der Waals surface area contributed by atoms with E-state index in [-0.39, 0.29) is 36.5 Å². The van der Waals surface area contributed by atoms with Gasteiger partial charge in [0.05, 0.1) is 23.8 Å². The van der Waals surface area contributed by atoms with Crippen molar-refractivity contribution in [2.75, 3.05) is 26.4 Å². The van der Waals surface area contributed by atoms with E-state index < -0.39 is 35.5 Å². The van der Waals surface area contributed by atoms with Crippen LogP contribution in [-0.4, -0.2) is 43.4 Å². The molecule has 4 nitrogen and oxygen atoms in total. The number of nitrogens with zero attached hydrogens (tertiary/aromatic N) is 2. The molecule has 1 aliphatic carbocycles. The first-order valence-corrected chi connectivity index (χ1v) is 14.5. The highest BCUT2D eigenvalue weighted by Gasteiger charge is 2.51. The van der Waals surface area contributed by atoms with Crippen molar-refractivity contribution >= 4 is 5.71 Å². The van der Waals surface area contributed by atoms with E-state index in [0.29, 0.717) is 38.5 Å². The van der Waals surface area contributed by atoms with Crippen molar-refractivity contribution in [3.8, 4) is 5.75 Å². The second-order valence-electron chi connectivity index (χ2n) is 10.7. The van der Waals surface area contributed by atoms with E-state index >= 15 is 13.2 Å². The minimum Gasteiger partial charge on any atom is -0.490 e. The zero-order valence-corrected chi connectivity index (χ0v) is 23.5. The van der Waals surface area contributed by atoms with Crippen LogP contribution in [0.25, 0.3) is 0 Å². The third-order valence-electron chi connectivity index (χ3n) is 7.69. The molecule has 0 radical (unpaired) electrons. The number of benzene rings is 1. The van der Waals surface area contributed by atoms with Crippen molar-refractivity contribution in [3.63, 3.8) is 0 Å². The monoisotopic (exact) mass is 558 g/mol. The molecule has 39 heavy (non-hydrogen) atoms. The predicted molar refractivity (Wildman–Crippen MR) is 144 cm³/mol. The molecule has 0 saturated carbocycles. The van der Waals surface area contributed by atoms with Crippen LogP contribution >= 0.6 is 0 Å². The Balaban J connectivity index is 1.61. The number of aliphatic imine (C=N–C) groups is 1. The fourth-order valence-electron chi connectivity index (χ4n) is 5.00.